The van der Waals surface area contributed by atoms with Crippen molar-refractivity contribution in [2.24, 2.45) is 0 Å². The minimum absolute atomic E-state index is 0.00848. The van der Waals surface area contributed by atoms with E-state index in [0.717, 1.165) is 18.2 Å². The summed E-state index contributed by atoms with van der Waals surface area (Å²) in [4.78, 5) is 25.4. The fourth-order valence-electron chi connectivity index (χ4n) is 2.66. The number of para-hydroxylation sites is 2. The minimum atomic E-state index is -4.98. The summed E-state index contributed by atoms with van der Waals surface area (Å²) in [5.41, 5.74) is -0.458. The first-order valence-corrected chi connectivity index (χ1v) is 9.22. The molecule has 5 nitrogen and oxygen atoms in total. The Kier molecular flexibility index (Phi) is 6.89. The highest BCUT2D eigenvalue weighted by Gasteiger charge is 2.32. The fraction of sp³-hybridized carbons (Fsp3) is 0.0435. The lowest BCUT2D eigenvalue weighted by atomic mass is 10.1. The van der Waals surface area contributed by atoms with E-state index in [2.05, 4.69) is 15.4 Å². The number of nitrogens with one attached hydrogen (secondary N) is 2. The van der Waals surface area contributed by atoms with Gasteiger partial charge in [-0.1, -0.05) is 48.5 Å². The number of anilines is 1. The summed E-state index contributed by atoms with van der Waals surface area (Å²) in [5.74, 6) is -2.94. The smallest absolute Gasteiger partial charge is 0.404 e. The zero-order chi connectivity index (χ0) is 23.1. The van der Waals surface area contributed by atoms with Gasteiger partial charge < -0.3 is 15.4 Å². The van der Waals surface area contributed by atoms with Gasteiger partial charge >= 0.3 is 6.36 Å². The number of hydrogen-bond acceptors (Lipinski definition) is 3. The summed E-state index contributed by atoms with van der Waals surface area (Å²) in [5, 5.41) is 4.64. The van der Waals surface area contributed by atoms with Gasteiger partial charge in [-0.15, -0.1) is 13.2 Å². The SMILES string of the molecule is O=C(Nc1ccccc1OC(F)(F)F)C(=Cc1ccccc1F)NC(=O)c1ccccc1. The zero-order valence-electron chi connectivity index (χ0n) is 16.3. The normalized spacial score (nSPS) is 11.6. The fourth-order valence-corrected chi connectivity index (χ4v) is 2.66. The van der Waals surface area contributed by atoms with Crippen molar-refractivity contribution in [3.8, 4) is 5.75 Å². The molecule has 3 rings (SSSR count). The molecule has 0 aromatic heterocycles. The van der Waals surface area contributed by atoms with Crippen molar-refractivity contribution in [1.82, 2.24) is 5.32 Å². The minimum Gasteiger partial charge on any atom is -0.404 e. The Bertz CT molecular complexity index is 1150. The first-order valence-electron chi connectivity index (χ1n) is 9.22. The van der Waals surface area contributed by atoms with Crippen molar-refractivity contribution in [2.45, 2.75) is 6.36 Å². The van der Waals surface area contributed by atoms with E-state index in [4.69, 9.17) is 0 Å². The molecular weight excluding hydrogens is 428 g/mol. The molecule has 2 amide bonds. The van der Waals surface area contributed by atoms with Crippen LogP contribution in [0.5, 0.6) is 5.75 Å². The topological polar surface area (TPSA) is 67.4 Å². The molecule has 0 saturated heterocycles. The van der Waals surface area contributed by atoms with E-state index in [9.17, 15) is 27.2 Å². The predicted molar refractivity (Wildman–Crippen MR) is 110 cm³/mol. The lowest BCUT2D eigenvalue weighted by Gasteiger charge is -2.15. The first kappa shape index (κ1) is 22.5. The third kappa shape index (κ3) is 6.18. The van der Waals surface area contributed by atoms with E-state index in [1.165, 1.54) is 48.5 Å². The molecule has 0 atom stereocenters. The van der Waals surface area contributed by atoms with Crippen LogP contribution in [0.15, 0.2) is 84.6 Å². The van der Waals surface area contributed by atoms with E-state index in [-0.39, 0.29) is 22.5 Å². The molecule has 0 aliphatic heterocycles. The van der Waals surface area contributed by atoms with Crippen LogP contribution in [0.25, 0.3) is 6.08 Å². The number of ether oxygens (including phenoxy) is 1. The number of hydrogen-bond donors (Lipinski definition) is 2. The summed E-state index contributed by atoms with van der Waals surface area (Å²) in [6.07, 6.45) is -3.90. The van der Waals surface area contributed by atoms with Gasteiger partial charge in [0.15, 0.2) is 5.75 Å². The van der Waals surface area contributed by atoms with E-state index in [0.29, 0.717) is 0 Å². The Labute approximate surface area is 180 Å². The molecule has 0 bridgehead atoms. The van der Waals surface area contributed by atoms with Gasteiger partial charge in [-0.3, -0.25) is 9.59 Å². The van der Waals surface area contributed by atoms with Crippen LogP contribution in [-0.2, 0) is 4.79 Å². The molecule has 164 valence electrons. The van der Waals surface area contributed by atoms with Crippen LogP contribution in [0.3, 0.4) is 0 Å². The third-order valence-corrected chi connectivity index (χ3v) is 4.09. The maximum absolute atomic E-state index is 14.1. The Morgan fingerprint density at radius 1 is 0.844 bits per heavy atom. The van der Waals surface area contributed by atoms with Gasteiger partial charge in [-0.2, -0.15) is 0 Å². The van der Waals surface area contributed by atoms with Gasteiger partial charge in [0.05, 0.1) is 5.69 Å². The molecule has 0 aliphatic carbocycles. The molecule has 0 saturated carbocycles. The first-order chi connectivity index (χ1) is 15.2. The maximum Gasteiger partial charge on any atom is 0.573 e. The summed E-state index contributed by atoms with van der Waals surface area (Å²) in [7, 11) is 0. The quantitative estimate of drug-likeness (QED) is 0.409. The van der Waals surface area contributed by atoms with Gasteiger partial charge in [0.25, 0.3) is 11.8 Å². The number of halogens is 4. The summed E-state index contributed by atoms with van der Waals surface area (Å²) in [6.45, 7) is 0. The molecule has 0 heterocycles. The van der Waals surface area contributed by atoms with Crippen LogP contribution >= 0.6 is 0 Å². The van der Waals surface area contributed by atoms with Crippen molar-refractivity contribution in [3.63, 3.8) is 0 Å². The molecule has 0 unspecified atom stereocenters. The number of benzene rings is 3. The highest BCUT2D eigenvalue weighted by molar-refractivity contribution is 6.11. The van der Waals surface area contributed by atoms with Crippen molar-refractivity contribution in [2.75, 3.05) is 5.32 Å². The highest BCUT2D eigenvalue weighted by Crippen LogP contribution is 2.30. The van der Waals surface area contributed by atoms with Crippen LogP contribution in [0.2, 0.25) is 0 Å². The highest BCUT2D eigenvalue weighted by atomic mass is 19.4. The molecule has 0 spiro atoms. The molecule has 2 N–H and O–H groups in total. The van der Waals surface area contributed by atoms with E-state index < -0.39 is 29.7 Å². The molecule has 32 heavy (non-hydrogen) atoms. The summed E-state index contributed by atoms with van der Waals surface area (Å²) >= 11 is 0. The number of amides is 2. The van der Waals surface area contributed by atoms with Crippen molar-refractivity contribution >= 4 is 23.6 Å². The van der Waals surface area contributed by atoms with Crippen molar-refractivity contribution in [1.29, 1.82) is 0 Å². The van der Waals surface area contributed by atoms with Crippen LogP contribution in [0, 0.1) is 5.82 Å². The molecule has 3 aromatic rings. The molecule has 0 aliphatic rings. The largest absolute Gasteiger partial charge is 0.573 e. The van der Waals surface area contributed by atoms with Crippen molar-refractivity contribution < 1.29 is 31.9 Å². The molecule has 0 radical (unpaired) electrons. The second-order valence-electron chi connectivity index (χ2n) is 6.40. The van der Waals surface area contributed by atoms with Gasteiger partial charge in [0.2, 0.25) is 0 Å². The standard InChI is InChI=1S/C23H16F4N2O3/c24-17-11-5-4-10-16(17)14-19(29-21(30)15-8-2-1-3-9-15)22(31)28-18-12-6-7-13-20(18)32-23(25,26)27/h1-14H,(H,28,31)(H,29,30). The van der Waals surface area contributed by atoms with Gasteiger partial charge in [-0.25, -0.2) is 4.39 Å². The number of carbonyl (C=O) groups is 2. The van der Waals surface area contributed by atoms with Gasteiger partial charge in [-0.05, 0) is 36.4 Å². The third-order valence-electron chi connectivity index (χ3n) is 4.09. The Morgan fingerprint density at radius 3 is 2.16 bits per heavy atom. The van der Waals surface area contributed by atoms with E-state index in [1.54, 1.807) is 18.2 Å². The van der Waals surface area contributed by atoms with Gasteiger partial charge in [0, 0.05) is 11.1 Å². The van der Waals surface area contributed by atoms with Gasteiger partial charge in [0.1, 0.15) is 11.5 Å². The van der Waals surface area contributed by atoms with E-state index >= 15 is 0 Å². The van der Waals surface area contributed by atoms with E-state index in [1.807, 2.05) is 0 Å². The molecule has 9 heteroatoms. The molecule has 3 aromatic carbocycles. The lowest BCUT2D eigenvalue weighted by molar-refractivity contribution is -0.274. The van der Waals surface area contributed by atoms with Crippen LogP contribution in [0.1, 0.15) is 15.9 Å². The zero-order valence-corrected chi connectivity index (χ0v) is 16.3. The average Bonchev–Trinajstić information content (AvgIpc) is 2.75. The number of carbonyl (C=O) groups excluding carboxylic acids is 2. The van der Waals surface area contributed by atoms with Crippen molar-refractivity contribution in [3.05, 3.63) is 102 Å². The maximum atomic E-state index is 14.1. The molecular formula is C23H16F4N2O3. The second-order valence-corrected chi connectivity index (χ2v) is 6.40. The average molecular weight is 444 g/mol. The summed E-state index contributed by atoms with van der Waals surface area (Å²) < 4.78 is 56.0. The van der Waals surface area contributed by atoms with Crippen LogP contribution < -0.4 is 15.4 Å². The summed E-state index contributed by atoms with van der Waals surface area (Å²) in [6, 6.07) is 18.3. The lowest BCUT2D eigenvalue weighted by Crippen LogP contribution is -2.31. The second kappa shape index (κ2) is 9.78. The monoisotopic (exact) mass is 444 g/mol. The predicted octanol–water partition coefficient (Wildman–Crippen LogP) is 5.13. The molecule has 0 fully saturated rings. The number of alkyl halides is 3. The number of rotatable bonds is 6. The van der Waals surface area contributed by atoms with Crippen LogP contribution in [0.4, 0.5) is 23.2 Å². The Balaban J connectivity index is 1.93. The van der Waals surface area contributed by atoms with Crippen LogP contribution in [-0.4, -0.2) is 18.2 Å². The Morgan fingerprint density at radius 2 is 1.47 bits per heavy atom. The Hall–Kier alpha value is -4.14.